The number of ether oxygens (including phenoxy) is 1. The molecule has 1 aromatic carbocycles. The summed E-state index contributed by atoms with van der Waals surface area (Å²) in [6.07, 6.45) is 0. The van der Waals surface area contributed by atoms with Crippen molar-refractivity contribution in [3.8, 4) is 0 Å². The van der Waals surface area contributed by atoms with Crippen molar-refractivity contribution in [1.82, 2.24) is 9.97 Å². The number of benzene rings is 1. The average Bonchev–Trinajstić information content (AvgIpc) is 2.18. The first-order valence-corrected chi connectivity index (χ1v) is 4.69. The van der Waals surface area contributed by atoms with E-state index in [0.717, 1.165) is 10.9 Å². The Hall–Kier alpha value is -1.13. The minimum atomic E-state index is 0.415. The first-order chi connectivity index (χ1) is 6.81. The van der Waals surface area contributed by atoms with Gasteiger partial charge >= 0.3 is 0 Å². The molecule has 0 N–H and O–H groups in total. The van der Waals surface area contributed by atoms with Gasteiger partial charge in [0.2, 0.25) is 0 Å². The van der Waals surface area contributed by atoms with Crippen LogP contribution in [0.3, 0.4) is 0 Å². The van der Waals surface area contributed by atoms with Crippen molar-refractivity contribution >= 4 is 23.5 Å². The summed E-state index contributed by atoms with van der Waals surface area (Å²) in [6, 6.07) is 7.78. The number of para-hydroxylation sites is 1. The average molecular weight is 206 g/mol. The van der Waals surface area contributed by atoms with Gasteiger partial charge in [0, 0.05) is 12.5 Å². The lowest BCUT2D eigenvalue weighted by atomic mass is 10.2. The molecule has 0 aliphatic rings. The predicted molar refractivity (Wildman–Crippen MR) is 57.5 cm³/mol. The fraction of sp³-hybridized carbons (Fsp3) is 0.200. The van der Waals surface area contributed by atoms with Crippen LogP contribution in [0.1, 0.15) is 5.82 Å². The van der Waals surface area contributed by atoms with Crippen molar-refractivity contribution in [3.05, 3.63) is 30.1 Å². The molecule has 0 fully saturated rings. The molecule has 0 spiro atoms. The third-order valence-electron chi connectivity index (χ3n) is 1.90. The highest BCUT2D eigenvalue weighted by atomic mass is 32.1. The molecule has 4 heteroatoms. The van der Waals surface area contributed by atoms with E-state index in [0.29, 0.717) is 17.5 Å². The first kappa shape index (κ1) is 9.43. The molecular formula is C10H10N2OS. The van der Waals surface area contributed by atoms with Crippen molar-refractivity contribution in [2.24, 2.45) is 0 Å². The lowest BCUT2D eigenvalue weighted by molar-refractivity contribution is 0.177. The van der Waals surface area contributed by atoms with E-state index >= 15 is 0 Å². The number of rotatable bonds is 2. The molecule has 2 rings (SSSR count). The third-order valence-corrected chi connectivity index (χ3v) is 2.24. The van der Waals surface area contributed by atoms with E-state index in [1.165, 1.54) is 0 Å². The lowest BCUT2D eigenvalue weighted by Gasteiger charge is -2.03. The standard InChI is InChI=1S/C10H10N2OS/c1-13-6-9-11-8-5-3-2-4-7(8)10(14)12-9/h2-5H,6H2,1H3,(H,11,12,14). The van der Waals surface area contributed by atoms with Crippen LogP contribution in [0.5, 0.6) is 0 Å². The smallest absolute Gasteiger partial charge is 0.155 e. The number of nitrogens with zero attached hydrogens (tertiary/aromatic N) is 2. The number of methoxy groups -OCH3 is 1. The lowest BCUT2D eigenvalue weighted by Crippen LogP contribution is -1.98. The van der Waals surface area contributed by atoms with Gasteiger partial charge in [-0.15, -0.1) is 12.6 Å². The van der Waals surface area contributed by atoms with Crippen LogP contribution in [0.4, 0.5) is 0 Å². The minimum absolute atomic E-state index is 0.415. The molecule has 1 heterocycles. The quantitative estimate of drug-likeness (QED) is 0.603. The maximum Gasteiger partial charge on any atom is 0.155 e. The minimum Gasteiger partial charge on any atom is -0.377 e. The van der Waals surface area contributed by atoms with E-state index in [9.17, 15) is 0 Å². The van der Waals surface area contributed by atoms with Gasteiger partial charge in [0.25, 0.3) is 0 Å². The molecular weight excluding hydrogens is 196 g/mol. The highest BCUT2D eigenvalue weighted by Gasteiger charge is 2.03. The molecule has 0 atom stereocenters. The Kier molecular flexibility index (Phi) is 2.65. The Morgan fingerprint density at radius 2 is 2.07 bits per heavy atom. The van der Waals surface area contributed by atoms with Crippen molar-refractivity contribution in [2.45, 2.75) is 11.6 Å². The Labute approximate surface area is 87.6 Å². The second-order valence-electron chi connectivity index (χ2n) is 2.91. The second-order valence-corrected chi connectivity index (χ2v) is 3.34. The Morgan fingerprint density at radius 3 is 2.86 bits per heavy atom. The van der Waals surface area contributed by atoms with Crippen LogP contribution in [0.2, 0.25) is 0 Å². The molecule has 0 unspecified atom stereocenters. The van der Waals surface area contributed by atoms with Crippen LogP contribution in [0.25, 0.3) is 10.9 Å². The molecule has 1 aromatic heterocycles. The summed E-state index contributed by atoms with van der Waals surface area (Å²) < 4.78 is 4.97. The molecule has 0 radical (unpaired) electrons. The van der Waals surface area contributed by atoms with Gasteiger partial charge in [-0.3, -0.25) is 0 Å². The van der Waals surface area contributed by atoms with Crippen LogP contribution < -0.4 is 0 Å². The summed E-state index contributed by atoms with van der Waals surface area (Å²) in [5.41, 5.74) is 0.902. The van der Waals surface area contributed by atoms with Gasteiger partial charge in [0.15, 0.2) is 5.82 Å². The number of fused-ring (bicyclic) bond motifs is 1. The molecule has 0 saturated carbocycles. The van der Waals surface area contributed by atoms with E-state index in [-0.39, 0.29) is 0 Å². The van der Waals surface area contributed by atoms with E-state index in [4.69, 9.17) is 4.74 Å². The van der Waals surface area contributed by atoms with E-state index in [1.807, 2.05) is 24.3 Å². The van der Waals surface area contributed by atoms with Gasteiger partial charge in [-0.1, -0.05) is 18.2 Å². The maximum atomic E-state index is 4.97. The summed E-state index contributed by atoms with van der Waals surface area (Å²) in [6.45, 7) is 0.415. The third kappa shape index (κ3) is 1.71. The number of thiol groups is 1. The zero-order valence-electron chi connectivity index (χ0n) is 7.77. The molecule has 0 aliphatic carbocycles. The van der Waals surface area contributed by atoms with Crippen molar-refractivity contribution in [2.75, 3.05) is 7.11 Å². The van der Waals surface area contributed by atoms with Gasteiger partial charge in [0.05, 0.1) is 5.52 Å². The highest BCUT2D eigenvalue weighted by molar-refractivity contribution is 7.80. The van der Waals surface area contributed by atoms with Crippen LogP contribution in [-0.2, 0) is 11.3 Å². The topological polar surface area (TPSA) is 35.0 Å². The van der Waals surface area contributed by atoms with E-state index in [2.05, 4.69) is 22.6 Å². The van der Waals surface area contributed by atoms with Gasteiger partial charge < -0.3 is 4.74 Å². The zero-order chi connectivity index (χ0) is 9.97. The summed E-state index contributed by atoms with van der Waals surface area (Å²) in [5.74, 6) is 0.663. The zero-order valence-corrected chi connectivity index (χ0v) is 8.66. The van der Waals surface area contributed by atoms with Crippen molar-refractivity contribution in [1.29, 1.82) is 0 Å². The summed E-state index contributed by atoms with van der Waals surface area (Å²) in [7, 11) is 1.62. The fourth-order valence-corrected chi connectivity index (χ4v) is 1.60. The first-order valence-electron chi connectivity index (χ1n) is 4.25. The van der Waals surface area contributed by atoms with Gasteiger partial charge in [0.1, 0.15) is 11.6 Å². The van der Waals surface area contributed by atoms with E-state index < -0.39 is 0 Å². The van der Waals surface area contributed by atoms with Crippen molar-refractivity contribution < 1.29 is 4.74 Å². The fourth-order valence-electron chi connectivity index (χ4n) is 1.30. The van der Waals surface area contributed by atoms with Crippen LogP contribution in [-0.4, -0.2) is 17.1 Å². The maximum absolute atomic E-state index is 4.97. The number of aromatic nitrogens is 2. The van der Waals surface area contributed by atoms with E-state index in [1.54, 1.807) is 7.11 Å². The van der Waals surface area contributed by atoms with Crippen LogP contribution in [0.15, 0.2) is 29.3 Å². The molecule has 0 aliphatic heterocycles. The molecule has 0 bridgehead atoms. The van der Waals surface area contributed by atoms with Gasteiger partial charge in [-0.05, 0) is 6.07 Å². The summed E-state index contributed by atoms with van der Waals surface area (Å²) in [5, 5.41) is 1.67. The van der Waals surface area contributed by atoms with Gasteiger partial charge in [-0.2, -0.15) is 0 Å². The van der Waals surface area contributed by atoms with Crippen LogP contribution in [0, 0.1) is 0 Å². The summed E-state index contributed by atoms with van der Waals surface area (Å²) >= 11 is 4.31. The molecule has 14 heavy (non-hydrogen) atoms. The van der Waals surface area contributed by atoms with Crippen molar-refractivity contribution in [3.63, 3.8) is 0 Å². The molecule has 2 aromatic rings. The molecule has 3 nitrogen and oxygen atoms in total. The summed E-state index contributed by atoms with van der Waals surface area (Å²) in [4.78, 5) is 8.56. The SMILES string of the molecule is COCc1nc(S)c2ccccc2n1. The number of hydrogen-bond acceptors (Lipinski definition) is 4. The number of hydrogen-bond donors (Lipinski definition) is 1. The van der Waals surface area contributed by atoms with Crippen LogP contribution >= 0.6 is 12.6 Å². The monoisotopic (exact) mass is 206 g/mol. The Morgan fingerprint density at radius 1 is 1.29 bits per heavy atom. The molecule has 0 saturated heterocycles. The predicted octanol–water partition coefficient (Wildman–Crippen LogP) is 2.06. The molecule has 72 valence electrons. The normalized spacial score (nSPS) is 10.7. The Balaban J connectivity index is 2.60. The van der Waals surface area contributed by atoms with Gasteiger partial charge in [-0.25, -0.2) is 9.97 Å². The highest BCUT2D eigenvalue weighted by Crippen LogP contribution is 2.18. The largest absolute Gasteiger partial charge is 0.377 e. The second kappa shape index (κ2) is 3.94. The Bertz CT molecular complexity index is 459. The molecule has 0 amide bonds.